The van der Waals surface area contributed by atoms with Crippen LogP contribution in [-0.2, 0) is 11.3 Å². The molecule has 2 aromatic carbocycles. The van der Waals surface area contributed by atoms with Crippen LogP contribution < -0.4 is 4.74 Å². The van der Waals surface area contributed by atoms with Crippen LogP contribution in [-0.4, -0.2) is 41.2 Å². The number of amides is 1. The monoisotopic (exact) mass is 491 g/mol. The van der Waals surface area contributed by atoms with Gasteiger partial charge in [0.05, 0.1) is 15.6 Å². The fraction of sp³-hybridized carbons (Fsp3) is 0.308. The van der Waals surface area contributed by atoms with Crippen molar-refractivity contribution in [1.29, 1.82) is 0 Å². The number of carboxylic acid groups (broad SMARTS) is 1. The van der Waals surface area contributed by atoms with Gasteiger partial charge in [-0.05, 0) is 49.6 Å². The number of hydrogen-bond acceptors (Lipinski definition) is 4. The van der Waals surface area contributed by atoms with Crippen molar-refractivity contribution < 1.29 is 39.8 Å². The molecule has 0 saturated carbocycles. The first-order chi connectivity index (χ1) is 17.5. The first kappa shape index (κ1) is 23.0. The van der Waals surface area contributed by atoms with Crippen LogP contribution >= 0.6 is 0 Å². The first-order valence-electron chi connectivity index (χ1n) is 12.0. The Labute approximate surface area is 203 Å². The number of unbranched alkanes of at least 4 members (excludes halogenated alkanes) is 2. The van der Waals surface area contributed by atoms with E-state index >= 15 is 0 Å². The summed E-state index contributed by atoms with van der Waals surface area (Å²) in [6.45, 7) is -4.47. The number of carbonyl (C=O) groups is 2. The third-order valence-corrected chi connectivity index (χ3v) is 5.04. The Morgan fingerprint density at radius 2 is 1.74 bits per heavy atom. The predicted molar refractivity (Wildman–Crippen MR) is 123 cm³/mol. The zero-order valence-corrected chi connectivity index (χ0v) is 18.8. The fourth-order valence-corrected chi connectivity index (χ4v) is 3.37. The Hall–Kier alpha value is -3.75. The smallest absolute Gasteiger partial charge is 0.406 e. The van der Waals surface area contributed by atoms with Gasteiger partial charge in [0.15, 0.2) is 0 Å². The molecule has 0 radical (unpaired) electrons. The number of carbonyl (C=O) groups excluding carboxylic acids is 1. The van der Waals surface area contributed by atoms with Gasteiger partial charge in [-0.15, -0.1) is 0 Å². The van der Waals surface area contributed by atoms with E-state index in [0.717, 1.165) is 0 Å². The Morgan fingerprint density at radius 3 is 2.40 bits per heavy atom. The summed E-state index contributed by atoms with van der Waals surface area (Å²) >= 11 is 0. The van der Waals surface area contributed by atoms with Gasteiger partial charge < -0.3 is 19.2 Å². The van der Waals surface area contributed by atoms with Crippen molar-refractivity contribution in [2.75, 3.05) is 13.1 Å². The van der Waals surface area contributed by atoms with Crippen LogP contribution in [0, 0.1) is 0 Å². The van der Waals surface area contributed by atoms with Crippen LogP contribution in [0.3, 0.4) is 0 Å². The van der Waals surface area contributed by atoms with Crippen LogP contribution in [0.5, 0.6) is 5.75 Å². The van der Waals surface area contributed by atoms with E-state index < -0.39 is 31.1 Å². The molecule has 1 heterocycles. The predicted octanol–water partition coefficient (Wildman–Crippen LogP) is 6.18. The maximum Gasteiger partial charge on any atom is 0.406 e. The molecule has 9 heteroatoms. The van der Waals surface area contributed by atoms with Crippen LogP contribution in [0.1, 0.15) is 44.3 Å². The molecule has 186 valence electrons. The minimum atomic E-state index is -5.35. The van der Waals surface area contributed by atoms with Crippen molar-refractivity contribution in [1.82, 2.24) is 4.90 Å². The molecule has 0 aliphatic carbocycles. The number of aliphatic carboxylic acids is 1. The Morgan fingerprint density at radius 1 is 1.00 bits per heavy atom. The molecule has 0 atom stereocenters. The SMILES string of the molecule is [2H]C([2H])(N(Cc1ccccc1OCCCCCC(=O)O)C(=O)c1ccc(-c2ccco2)cc1)C(F)(F)F. The van der Waals surface area contributed by atoms with E-state index in [1.54, 1.807) is 24.3 Å². The fourth-order valence-electron chi connectivity index (χ4n) is 3.37. The van der Waals surface area contributed by atoms with E-state index in [4.69, 9.17) is 17.0 Å². The lowest BCUT2D eigenvalue weighted by atomic mass is 10.1. The lowest BCUT2D eigenvalue weighted by Gasteiger charge is -2.25. The molecule has 0 bridgehead atoms. The number of carboxylic acids is 1. The van der Waals surface area contributed by atoms with Crippen molar-refractivity contribution >= 4 is 11.9 Å². The summed E-state index contributed by atoms with van der Waals surface area (Å²) < 4.78 is 67.7. The van der Waals surface area contributed by atoms with Crippen molar-refractivity contribution in [3.63, 3.8) is 0 Å². The molecule has 0 aliphatic rings. The molecule has 0 aliphatic heterocycles. The van der Waals surface area contributed by atoms with Crippen molar-refractivity contribution in [3.05, 3.63) is 78.1 Å². The largest absolute Gasteiger partial charge is 0.493 e. The molecule has 1 aromatic heterocycles. The number of hydrogen-bond donors (Lipinski definition) is 1. The average Bonchev–Trinajstić information content (AvgIpc) is 3.39. The van der Waals surface area contributed by atoms with Gasteiger partial charge in [-0.25, -0.2) is 0 Å². The van der Waals surface area contributed by atoms with Gasteiger partial charge in [-0.1, -0.05) is 30.3 Å². The maximum atomic E-state index is 13.7. The summed E-state index contributed by atoms with van der Waals surface area (Å²) in [5.41, 5.74) is 0.677. The number of nitrogens with zero attached hydrogens (tertiary/aromatic N) is 1. The highest BCUT2D eigenvalue weighted by Gasteiger charge is 2.34. The summed E-state index contributed by atoms with van der Waals surface area (Å²) in [5, 5.41) is 8.70. The molecule has 3 rings (SSSR count). The molecular weight excluding hydrogens is 463 g/mol. The second-order valence-electron chi connectivity index (χ2n) is 7.72. The van der Waals surface area contributed by atoms with Crippen molar-refractivity contribution in [2.24, 2.45) is 0 Å². The standard InChI is InChI=1S/C26H26F3NO5/c27-26(28,29)18-30(25(33)20-13-11-19(12-14-20)22-9-6-16-35-22)17-21-7-3-4-8-23(21)34-15-5-1-2-10-24(31)32/h3-4,6-9,11-14,16H,1-2,5,10,15,17-18H2,(H,31,32)/i18D2. The normalized spacial score (nSPS) is 12.5. The first-order valence-corrected chi connectivity index (χ1v) is 11.0. The molecular formula is C26H26F3NO5. The lowest BCUT2D eigenvalue weighted by molar-refractivity contribution is -0.141. The number of alkyl halides is 3. The van der Waals surface area contributed by atoms with Crippen LogP contribution in [0.4, 0.5) is 13.2 Å². The quantitative estimate of drug-likeness (QED) is 0.306. The molecule has 0 unspecified atom stereocenters. The molecule has 1 N–H and O–H groups in total. The molecule has 0 spiro atoms. The van der Waals surface area contributed by atoms with Crippen molar-refractivity contribution in [3.8, 4) is 17.1 Å². The zero-order chi connectivity index (χ0) is 27.1. The lowest BCUT2D eigenvalue weighted by Crippen LogP contribution is -2.38. The van der Waals surface area contributed by atoms with Gasteiger partial charge in [-0.3, -0.25) is 9.59 Å². The summed E-state index contributed by atoms with van der Waals surface area (Å²) in [6.07, 6.45) is -2.28. The van der Waals surface area contributed by atoms with Crippen molar-refractivity contribution in [2.45, 2.75) is 38.4 Å². The molecule has 0 saturated heterocycles. The molecule has 35 heavy (non-hydrogen) atoms. The highest BCUT2D eigenvalue weighted by atomic mass is 19.4. The van der Waals surface area contributed by atoms with Crippen LogP contribution in [0.2, 0.25) is 0 Å². The number of ether oxygens (including phenoxy) is 1. The molecule has 3 aromatic rings. The van der Waals surface area contributed by atoms with Gasteiger partial charge in [0.2, 0.25) is 0 Å². The van der Waals surface area contributed by atoms with E-state index in [1.165, 1.54) is 42.7 Å². The molecule has 0 fully saturated rings. The van der Waals surface area contributed by atoms with E-state index in [0.29, 0.717) is 30.6 Å². The number of benzene rings is 2. The number of furan rings is 1. The third-order valence-electron chi connectivity index (χ3n) is 5.04. The summed E-state index contributed by atoms with van der Waals surface area (Å²) in [4.78, 5) is 24.0. The van der Waals surface area contributed by atoms with E-state index in [1.807, 2.05) is 0 Å². The minimum absolute atomic E-state index is 0.0304. The third kappa shape index (κ3) is 8.20. The molecule has 1 amide bonds. The van der Waals surface area contributed by atoms with Crippen LogP contribution in [0.25, 0.3) is 11.3 Å². The van der Waals surface area contributed by atoms with Gasteiger partial charge in [-0.2, -0.15) is 13.2 Å². The Balaban J connectivity index is 1.81. The van der Waals surface area contributed by atoms with Gasteiger partial charge in [0.25, 0.3) is 5.91 Å². The Kier molecular flexibility index (Phi) is 7.96. The van der Waals surface area contributed by atoms with Crippen LogP contribution in [0.15, 0.2) is 71.3 Å². The summed E-state index contributed by atoms with van der Waals surface area (Å²) in [6, 6.07) is 15.2. The van der Waals surface area contributed by atoms with E-state index in [9.17, 15) is 22.8 Å². The molecule has 6 nitrogen and oxygen atoms in total. The highest BCUT2D eigenvalue weighted by molar-refractivity contribution is 5.94. The topological polar surface area (TPSA) is 80.0 Å². The van der Waals surface area contributed by atoms with Gasteiger partial charge in [0, 0.05) is 29.7 Å². The maximum absolute atomic E-state index is 13.7. The number of rotatable bonds is 12. The summed E-state index contributed by atoms with van der Waals surface area (Å²) in [5.74, 6) is -1.32. The van der Waals surface area contributed by atoms with Gasteiger partial charge >= 0.3 is 12.1 Å². The zero-order valence-electron chi connectivity index (χ0n) is 20.8. The summed E-state index contributed by atoms with van der Waals surface area (Å²) in [7, 11) is 0. The van der Waals surface area contributed by atoms with E-state index in [-0.39, 0.29) is 34.8 Å². The minimum Gasteiger partial charge on any atom is -0.493 e. The highest BCUT2D eigenvalue weighted by Crippen LogP contribution is 2.26. The average molecular weight is 492 g/mol. The van der Waals surface area contributed by atoms with E-state index in [2.05, 4.69) is 0 Å². The number of para-hydroxylation sites is 1. The Bertz CT molecular complexity index is 1180. The van der Waals surface area contributed by atoms with Gasteiger partial charge in [0.1, 0.15) is 18.0 Å². The second kappa shape index (κ2) is 12.1. The number of halogens is 3. The second-order valence-corrected chi connectivity index (χ2v) is 7.72.